The van der Waals surface area contributed by atoms with E-state index in [1.807, 2.05) is 33.3 Å². The summed E-state index contributed by atoms with van der Waals surface area (Å²) in [5.41, 5.74) is 0. The number of unbranched alkanes of at least 4 members (excludes halogenated alkanes) is 31. The van der Waals surface area contributed by atoms with Gasteiger partial charge in [0.2, 0.25) is 5.91 Å². The fourth-order valence-electron chi connectivity index (χ4n) is 9.26. The molecule has 0 saturated carbocycles. The van der Waals surface area contributed by atoms with E-state index < -0.39 is 20.0 Å². The van der Waals surface area contributed by atoms with Crippen LogP contribution in [0.25, 0.3) is 0 Å². The smallest absolute Gasteiger partial charge is 0.456 e. The van der Waals surface area contributed by atoms with Crippen LogP contribution >= 0.6 is 7.82 Å². The maximum absolute atomic E-state index is 13.6. The van der Waals surface area contributed by atoms with E-state index in [1.165, 1.54) is 161 Å². The molecule has 79 heavy (non-hydrogen) atoms. The van der Waals surface area contributed by atoms with Crippen LogP contribution in [0.15, 0.2) is 85.1 Å². The fourth-order valence-corrected chi connectivity index (χ4v) is 9.99. The van der Waals surface area contributed by atoms with Crippen molar-refractivity contribution >= 4 is 19.7 Å². The number of esters is 1. The van der Waals surface area contributed by atoms with E-state index in [2.05, 4.69) is 99.0 Å². The van der Waals surface area contributed by atoms with Gasteiger partial charge in [0.15, 0.2) is 0 Å². The van der Waals surface area contributed by atoms with Gasteiger partial charge in [0.1, 0.15) is 19.3 Å². The van der Waals surface area contributed by atoms with Crippen molar-refractivity contribution in [1.82, 2.24) is 5.32 Å². The first-order chi connectivity index (χ1) is 38.4. The maximum Gasteiger partial charge on any atom is 0.472 e. The minimum absolute atomic E-state index is 0.0306. The molecule has 2 N–H and O–H groups in total. The minimum atomic E-state index is -4.46. The number of amides is 1. The molecule has 10 heteroatoms. The largest absolute Gasteiger partial charge is 0.472 e. The summed E-state index contributed by atoms with van der Waals surface area (Å²) in [6.07, 6.45) is 77.3. The molecule has 0 bridgehead atoms. The lowest BCUT2D eigenvalue weighted by atomic mass is 10.0. The molecular weight excluding hydrogens is 1000 g/mol. The zero-order valence-corrected chi connectivity index (χ0v) is 53.2. The molecule has 9 nitrogen and oxygen atoms in total. The van der Waals surface area contributed by atoms with Crippen LogP contribution in [0.5, 0.6) is 0 Å². The number of ether oxygens (including phenoxy) is 1. The van der Waals surface area contributed by atoms with Crippen molar-refractivity contribution in [3.8, 4) is 0 Å². The van der Waals surface area contributed by atoms with Crippen LogP contribution in [0.2, 0.25) is 0 Å². The van der Waals surface area contributed by atoms with E-state index in [4.69, 9.17) is 13.8 Å². The molecule has 0 fully saturated rings. The Labute approximate surface area is 488 Å². The minimum Gasteiger partial charge on any atom is -0.456 e. The summed E-state index contributed by atoms with van der Waals surface area (Å²) in [6, 6.07) is -0.870. The number of quaternary nitrogens is 1. The molecule has 0 aromatic heterocycles. The van der Waals surface area contributed by atoms with Crippen LogP contribution in [-0.4, -0.2) is 74.3 Å². The van der Waals surface area contributed by atoms with E-state index in [0.29, 0.717) is 23.9 Å². The molecule has 0 saturated heterocycles. The molecule has 0 radical (unpaired) electrons. The SMILES string of the molecule is CC/C=C\C/C=C\C/C=C\C/C=C\C/C=C\CCCCCC(=O)NC(COP(=O)(O)OCC[N+](C)(C)C)C(/C=C/CCCCCCCCCCCCC)OC(=O)CCCCCCCCCCCCC/C=C/CCCCCCCC. The third kappa shape index (κ3) is 59.6. The number of nitrogens with zero attached hydrogens (tertiary/aromatic N) is 1. The first-order valence-corrected chi connectivity index (χ1v) is 34.4. The summed E-state index contributed by atoms with van der Waals surface area (Å²) in [5, 5.41) is 3.04. The number of phosphoric ester groups is 1. The molecule has 0 aliphatic heterocycles. The summed E-state index contributed by atoms with van der Waals surface area (Å²) in [5.74, 6) is -0.540. The van der Waals surface area contributed by atoms with Crippen molar-refractivity contribution in [3.63, 3.8) is 0 Å². The predicted octanol–water partition coefficient (Wildman–Crippen LogP) is 20.6. The van der Waals surface area contributed by atoms with Gasteiger partial charge in [0.25, 0.3) is 0 Å². The zero-order valence-electron chi connectivity index (χ0n) is 52.3. The van der Waals surface area contributed by atoms with E-state index >= 15 is 0 Å². The van der Waals surface area contributed by atoms with Crippen molar-refractivity contribution < 1.29 is 37.3 Å². The van der Waals surface area contributed by atoms with Crippen LogP contribution in [0.3, 0.4) is 0 Å². The number of hydrogen-bond acceptors (Lipinski definition) is 6. The van der Waals surface area contributed by atoms with Crippen LogP contribution in [0, 0.1) is 0 Å². The third-order valence-corrected chi connectivity index (χ3v) is 15.3. The Hall–Kier alpha value is -2.81. The molecule has 0 spiro atoms. The number of carbonyl (C=O) groups excluding carboxylic acids is 2. The Bertz CT molecular complexity index is 1630. The fraction of sp³-hybridized carbons (Fsp3) is 0.768. The number of hydrogen-bond donors (Lipinski definition) is 2. The standard InChI is InChI=1S/C69H125N2O7P/c1-7-10-13-16-19-22-25-28-30-32-34-35-37-39-41-44-47-50-53-56-59-62-69(73)78-67(60-57-54-51-48-45-42-27-24-21-18-15-12-9-3)66(65-77-79(74,75)76-64-63-71(4,5)6)70-68(72)61-58-55-52-49-46-43-40-38-36-33-31-29-26-23-20-17-14-11-8-2/h11,14,20,23,28-31,36,38,43,46,57,60,66-67H,7-10,12-13,15-19,21-22,24-27,32-35,37,39-42,44-45,47-56,58-59,61-65H2,1-6H3,(H-,70,72,74,75)/p+1/b14-11-,23-20-,30-28+,31-29-,38-36-,46-43-,60-57+. The van der Waals surface area contributed by atoms with Crippen molar-refractivity contribution in [1.29, 1.82) is 0 Å². The second-order valence-corrected chi connectivity index (χ2v) is 24.7. The first-order valence-electron chi connectivity index (χ1n) is 32.9. The highest BCUT2D eigenvalue weighted by atomic mass is 31.2. The molecule has 0 aromatic carbocycles. The molecule has 0 rings (SSSR count). The topological polar surface area (TPSA) is 111 Å². The maximum atomic E-state index is 13.6. The second kappa shape index (κ2) is 58.4. The normalized spacial score (nSPS) is 14.2. The Kier molecular flexibility index (Phi) is 56.3. The van der Waals surface area contributed by atoms with Crippen LogP contribution in [-0.2, 0) is 27.9 Å². The van der Waals surface area contributed by atoms with Gasteiger partial charge < -0.3 is 19.4 Å². The average Bonchev–Trinajstić information content (AvgIpc) is 3.41. The Morgan fingerprint density at radius 1 is 0.456 bits per heavy atom. The van der Waals surface area contributed by atoms with Gasteiger partial charge in [0, 0.05) is 12.8 Å². The van der Waals surface area contributed by atoms with E-state index in [-0.39, 0.29) is 31.5 Å². The van der Waals surface area contributed by atoms with Crippen molar-refractivity contribution in [2.45, 2.75) is 303 Å². The molecule has 0 aliphatic rings. The van der Waals surface area contributed by atoms with E-state index in [1.54, 1.807) is 0 Å². The number of allylic oxidation sites excluding steroid dienone is 13. The molecule has 0 aromatic rings. The van der Waals surface area contributed by atoms with Gasteiger partial charge >= 0.3 is 13.8 Å². The summed E-state index contributed by atoms with van der Waals surface area (Å²) >= 11 is 0. The van der Waals surface area contributed by atoms with Gasteiger partial charge in [-0.15, -0.1) is 0 Å². The predicted molar refractivity (Wildman–Crippen MR) is 341 cm³/mol. The monoisotopic (exact) mass is 1130 g/mol. The Morgan fingerprint density at radius 3 is 1.24 bits per heavy atom. The van der Waals surface area contributed by atoms with E-state index in [9.17, 15) is 19.0 Å². The van der Waals surface area contributed by atoms with Gasteiger partial charge in [-0.1, -0.05) is 260 Å². The number of nitrogens with one attached hydrogen (secondary N) is 1. The second-order valence-electron chi connectivity index (χ2n) is 23.3. The molecule has 3 unspecified atom stereocenters. The number of rotatable bonds is 59. The van der Waals surface area contributed by atoms with Crippen LogP contribution < -0.4 is 5.32 Å². The van der Waals surface area contributed by atoms with Gasteiger partial charge in [-0.25, -0.2) is 4.57 Å². The molecular formula is C69H126N2O7P+. The van der Waals surface area contributed by atoms with Gasteiger partial charge in [-0.05, 0) is 102 Å². The Balaban J connectivity index is 5.27. The number of phosphoric acid groups is 1. The zero-order chi connectivity index (χ0) is 57.9. The highest BCUT2D eigenvalue weighted by Crippen LogP contribution is 2.43. The van der Waals surface area contributed by atoms with Gasteiger partial charge in [0.05, 0.1) is 33.8 Å². The molecule has 0 heterocycles. The quantitative estimate of drug-likeness (QED) is 0.0205. The van der Waals surface area contributed by atoms with Gasteiger partial charge in [-0.2, -0.15) is 0 Å². The molecule has 0 aliphatic carbocycles. The lowest BCUT2D eigenvalue weighted by Gasteiger charge is -2.27. The molecule has 458 valence electrons. The number of carbonyl (C=O) groups is 2. The van der Waals surface area contributed by atoms with Crippen LogP contribution in [0.1, 0.15) is 290 Å². The highest BCUT2D eigenvalue weighted by molar-refractivity contribution is 7.47. The highest BCUT2D eigenvalue weighted by Gasteiger charge is 2.30. The summed E-state index contributed by atoms with van der Waals surface area (Å²) in [6.45, 7) is 6.89. The van der Waals surface area contributed by atoms with E-state index in [0.717, 1.165) is 89.9 Å². The lowest BCUT2D eigenvalue weighted by molar-refractivity contribution is -0.870. The molecule has 1 amide bonds. The summed E-state index contributed by atoms with van der Waals surface area (Å²) in [4.78, 5) is 37.8. The van der Waals surface area contributed by atoms with Gasteiger partial charge in [-0.3, -0.25) is 18.6 Å². The third-order valence-electron chi connectivity index (χ3n) is 14.3. The summed E-state index contributed by atoms with van der Waals surface area (Å²) < 4.78 is 30.7. The van der Waals surface area contributed by atoms with Crippen molar-refractivity contribution in [2.24, 2.45) is 0 Å². The summed E-state index contributed by atoms with van der Waals surface area (Å²) in [7, 11) is 1.47. The van der Waals surface area contributed by atoms with Crippen LogP contribution in [0.4, 0.5) is 0 Å². The van der Waals surface area contributed by atoms with Crippen molar-refractivity contribution in [3.05, 3.63) is 85.1 Å². The number of likely N-dealkylation sites (N-methyl/N-ethyl adjacent to an activating group) is 1. The molecule has 3 atom stereocenters. The van der Waals surface area contributed by atoms with Crippen molar-refractivity contribution in [2.75, 3.05) is 40.9 Å². The first kappa shape index (κ1) is 76.2. The average molecular weight is 1130 g/mol. The lowest BCUT2D eigenvalue weighted by Crippen LogP contribution is -2.47. The Morgan fingerprint density at radius 2 is 0.810 bits per heavy atom.